The zero-order chi connectivity index (χ0) is 14.0. The van der Waals surface area contributed by atoms with Crippen molar-refractivity contribution in [3.8, 4) is 0 Å². The second kappa shape index (κ2) is 5.52. The van der Waals surface area contributed by atoms with Crippen LogP contribution in [-0.4, -0.2) is 38.3 Å². The molecule has 1 aliphatic carbocycles. The summed E-state index contributed by atoms with van der Waals surface area (Å²) in [6, 6.07) is 0. The quantitative estimate of drug-likeness (QED) is 0.564. The Morgan fingerprint density at radius 1 is 1.61 bits per heavy atom. The number of hydrogen-bond acceptors (Lipinski definition) is 4. The standard InChI is InChI=1S/C12H23N3O2S/c1-4-15(3,18(16)17)8-7-12(14)6-5-11(13)10(2)9-12/h5,9H,4,6-8,13-14H2,1-3H3. The molecule has 0 heterocycles. The number of quaternary nitrogens is 1. The van der Waals surface area contributed by atoms with Crippen LogP contribution in [0.2, 0.25) is 0 Å². The van der Waals surface area contributed by atoms with Crippen molar-refractivity contribution in [2.24, 2.45) is 11.5 Å². The second-order valence-electron chi connectivity index (χ2n) is 5.23. The lowest BCUT2D eigenvalue weighted by Crippen LogP contribution is -2.50. The highest BCUT2D eigenvalue weighted by molar-refractivity contribution is 7.73. The van der Waals surface area contributed by atoms with Gasteiger partial charge in [0.1, 0.15) is 11.3 Å². The molecule has 0 amide bonds. The lowest BCUT2D eigenvalue weighted by molar-refractivity contribution is -0.783. The van der Waals surface area contributed by atoms with Crippen LogP contribution in [0, 0.1) is 0 Å². The Morgan fingerprint density at radius 3 is 2.67 bits per heavy atom. The van der Waals surface area contributed by atoms with Crippen molar-refractivity contribution in [2.45, 2.75) is 32.2 Å². The van der Waals surface area contributed by atoms with Gasteiger partial charge in [0, 0.05) is 17.7 Å². The fraction of sp³-hybridized carbons (Fsp3) is 0.667. The van der Waals surface area contributed by atoms with Gasteiger partial charge < -0.3 is 16.0 Å². The van der Waals surface area contributed by atoms with Crippen molar-refractivity contribution in [3.63, 3.8) is 0 Å². The smallest absolute Gasteiger partial charge is 0.148 e. The molecule has 0 aromatic carbocycles. The first kappa shape index (κ1) is 15.4. The number of nitrogens with zero attached hydrogens (tertiary/aromatic N) is 1. The zero-order valence-corrected chi connectivity index (χ0v) is 12.1. The van der Waals surface area contributed by atoms with E-state index in [9.17, 15) is 8.76 Å². The van der Waals surface area contributed by atoms with Crippen LogP contribution in [0.5, 0.6) is 0 Å². The van der Waals surface area contributed by atoms with Gasteiger partial charge in [-0.15, -0.1) is 0 Å². The minimum absolute atomic E-state index is 0.00889. The molecular weight excluding hydrogens is 250 g/mol. The maximum Gasteiger partial charge on any atom is 0.148 e. The van der Waals surface area contributed by atoms with E-state index in [-0.39, 0.29) is 3.89 Å². The van der Waals surface area contributed by atoms with E-state index in [2.05, 4.69) is 0 Å². The fourth-order valence-corrected chi connectivity index (χ4v) is 2.44. The van der Waals surface area contributed by atoms with Gasteiger partial charge in [0.2, 0.25) is 0 Å². The third kappa shape index (κ3) is 3.41. The van der Waals surface area contributed by atoms with Gasteiger partial charge in [-0.2, -0.15) is 0 Å². The number of rotatable bonds is 5. The van der Waals surface area contributed by atoms with Gasteiger partial charge in [-0.1, -0.05) is 12.2 Å². The summed E-state index contributed by atoms with van der Waals surface area (Å²) in [5, 5.41) is 0. The first-order chi connectivity index (χ1) is 8.22. The van der Waals surface area contributed by atoms with Crippen LogP contribution < -0.4 is 11.5 Å². The van der Waals surface area contributed by atoms with E-state index in [4.69, 9.17) is 11.5 Å². The molecule has 0 fully saturated rings. The molecule has 0 radical (unpaired) electrons. The summed E-state index contributed by atoms with van der Waals surface area (Å²) in [5.41, 5.74) is 13.3. The van der Waals surface area contributed by atoms with Gasteiger partial charge in [0.25, 0.3) is 0 Å². The summed E-state index contributed by atoms with van der Waals surface area (Å²) in [7, 11) is 1.70. The van der Waals surface area contributed by atoms with Gasteiger partial charge >= 0.3 is 0 Å². The highest BCUT2D eigenvalue weighted by Crippen LogP contribution is 2.26. The van der Waals surface area contributed by atoms with E-state index >= 15 is 0 Å². The van der Waals surface area contributed by atoms with Crippen LogP contribution in [0.4, 0.5) is 0 Å². The number of nitrogens with two attached hydrogens (primary N) is 2. The molecule has 3 atom stereocenters. The molecule has 0 spiro atoms. The average molecular weight is 273 g/mol. The summed E-state index contributed by atoms with van der Waals surface area (Å²) in [6.45, 7) is 4.82. The van der Waals surface area contributed by atoms with Crippen LogP contribution in [0.15, 0.2) is 23.4 Å². The Morgan fingerprint density at radius 2 is 2.22 bits per heavy atom. The first-order valence-electron chi connectivity index (χ1n) is 6.11. The Hall–Kier alpha value is -0.690. The minimum atomic E-state index is -2.14. The largest absolute Gasteiger partial charge is 0.724 e. The third-order valence-electron chi connectivity index (χ3n) is 3.74. The average Bonchev–Trinajstić information content (AvgIpc) is 2.31. The predicted octanol–water partition coefficient (Wildman–Crippen LogP) is 0.527. The van der Waals surface area contributed by atoms with Gasteiger partial charge in [-0.05, 0) is 25.8 Å². The van der Waals surface area contributed by atoms with E-state index in [1.807, 2.05) is 26.0 Å². The predicted molar refractivity (Wildman–Crippen MR) is 72.7 cm³/mol. The molecule has 3 unspecified atom stereocenters. The van der Waals surface area contributed by atoms with Crippen LogP contribution in [0.25, 0.3) is 0 Å². The van der Waals surface area contributed by atoms with Gasteiger partial charge in [0.15, 0.2) is 0 Å². The number of hydrogen-bond donors (Lipinski definition) is 2. The van der Waals surface area contributed by atoms with E-state index in [0.717, 1.165) is 11.3 Å². The molecule has 0 aliphatic heterocycles. The molecule has 0 aromatic heterocycles. The first-order valence-corrected chi connectivity index (χ1v) is 7.14. The lowest BCUT2D eigenvalue weighted by atomic mass is 9.85. The van der Waals surface area contributed by atoms with Gasteiger partial charge in [0.05, 0.1) is 20.1 Å². The molecule has 5 nitrogen and oxygen atoms in total. The van der Waals surface area contributed by atoms with E-state index in [1.54, 1.807) is 7.05 Å². The van der Waals surface area contributed by atoms with Crippen molar-refractivity contribution in [1.82, 2.24) is 0 Å². The molecule has 1 rings (SSSR count). The Kier molecular flexibility index (Phi) is 4.72. The molecule has 0 saturated carbocycles. The second-order valence-corrected chi connectivity index (χ2v) is 6.54. The minimum Gasteiger partial charge on any atom is -0.724 e. The SMILES string of the molecule is CC[N+](C)(CCC1(N)C=C(C)C(N)=CC1)S(=O)[O-]. The molecule has 0 saturated heterocycles. The highest BCUT2D eigenvalue weighted by Gasteiger charge is 2.30. The zero-order valence-electron chi connectivity index (χ0n) is 11.3. The molecule has 0 bridgehead atoms. The number of allylic oxidation sites excluding steroid dienone is 1. The normalized spacial score (nSPS) is 29.2. The van der Waals surface area contributed by atoms with Crippen LogP contribution in [0.1, 0.15) is 26.7 Å². The van der Waals surface area contributed by atoms with Gasteiger partial charge in [-0.3, -0.25) is 3.89 Å². The summed E-state index contributed by atoms with van der Waals surface area (Å²) < 4.78 is 22.5. The summed E-state index contributed by atoms with van der Waals surface area (Å²) in [4.78, 5) is 0. The monoisotopic (exact) mass is 273 g/mol. The molecule has 6 heteroatoms. The van der Waals surface area contributed by atoms with Crippen molar-refractivity contribution < 1.29 is 12.6 Å². The Bertz CT molecular complexity index is 408. The molecule has 4 N–H and O–H groups in total. The fourth-order valence-electron chi connectivity index (χ4n) is 1.99. The van der Waals surface area contributed by atoms with Crippen LogP contribution >= 0.6 is 0 Å². The molecular formula is C12H23N3O2S. The Labute approximate surface area is 112 Å². The van der Waals surface area contributed by atoms with Crippen molar-refractivity contribution in [2.75, 3.05) is 20.1 Å². The Balaban J connectivity index is 2.72. The van der Waals surface area contributed by atoms with E-state index in [1.165, 1.54) is 0 Å². The maximum atomic E-state index is 11.2. The van der Waals surface area contributed by atoms with Crippen molar-refractivity contribution >= 4 is 11.3 Å². The molecule has 18 heavy (non-hydrogen) atoms. The molecule has 104 valence electrons. The summed E-state index contributed by atoms with van der Waals surface area (Å²) in [6.07, 6.45) is 5.15. The highest BCUT2D eigenvalue weighted by atomic mass is 32.2. The van der Waals surface area contributed by atoms with E-state index < -0.39 is 16.8 Å². The maximum absolute atomic E-state index is 11.2. The van der Waals surface area contributed by atoms with Crippen LogP contribution in [0.3, 0.4) is 0 Å². The summed E-state index contributed by atoms with van der Waals surface area (Å²) >= 11 is -2.14. The lowest BCUT2D eigenvalue weighted by Gasteiger charge is -2.37. The van der Waals surface area contributed by atoms with Crippen molar-refractivity contribution in [3.05, 3.63) is 23.4 Å². The van der Waals surface area contributed by atoms with E-state index in [0.29, 0.717) is 25.9 Å². The van der Waals surface area contributed by atoms with Crippen molar-refractivity contribution in [1.29, 1.82) is 0 Å². The molecule has 1 aliphatic rings. The third-order valence-corrected chi connectivity index (χ3v) is 4.90. The van der Waals surface area contributed by atoms with Gasteiger partial charge in [-0.25, -0.2) is 4.21 Å². The topological polar surface area (TPSA) is 92.2 Å². The molecule has 0 aromatic rings. The van der Waals surface area contributed by atoms with Crippen LogP contribution in [-0.2, 0) is 11.3 Å². The summed E-state index contributed by atoms with van der Waals surface area (Å²) in [5.74, 6) is 0.